The van der Waals surface area contributed by atoms with Gasteiger partial charge in [0, 0.05) is 19.0 Å². The van der Waals surface area contributed by atoms with Crippen LogP contribution in [0.5, 0.6) is 0 Å². The van der Waals surface area contributed by atoms with Crippen molar-refractivity contribution in [3.8, 4) is 11.1 Å². The summed E-state index contributed by atoms with van der Waals surface area (Å²) in [6.45, 7) is 2.78. The van der Waals surface area contributed by atoms with Crippen LogP contribution in [0.25, 0.3) is 22.2 Å². The molecule has 0 spiro atoms. The standard InChI is InChI=1S/C22H24FN3O4S/c1-2-11-31(28,29)26-9-7-14(8-10-26)22-25-19-13-16(4-6-20(19)30-22)15-3-5-17(21(24)27)18(23)12-15/h3-6,12-14H,2,7-11H2,1H3,(H2,24,27). The first-order valence-corrected chi connectivity index (χ1v) is 11.9. The first-order valence-electron chi connectivity index (χ1n) is 10.3. The summed E-state index contributed by atoms with van der Waals surface area (Å²) in [5.41, 5.74) is 7.61. The van der Waals surface area contributed by atoms with Crippen molar-refractivity contribution < 1.29 is 22.0 Å². The normalized spacial score (nSPS) is 16.1. The van der Waals surface area contributed by atoms with Crippen molar-refractivity contribution in [2.45, 2.75) is 32.1 Å². The molecular formula is C22H24FN3O4S. The zero-order valence-corrected chi connectivity index (χ0v) is 18.0. The average molecular weight is 446 g/mol. The summed E-state index contributed by atoms with van der Waals surface area (Å²) < 4.78 is 46.1. The van der Waals surface area contributed by atoms with Crippen LogP contribution in [0.4, 0.5) is 4.39 Å². The van der Waals surface area contributed by atoms with Gasteiger partial charge < -0.3 is 10.2 Å². The molecule has 2 aromatic carbocycles. The van der Waals surface area contributed by atoms with Gasteiger partial charge in [-0.15, -0.1) is 0 Å². The summed E-state index contributed by atoms with van der Waals surface area (Å²) in [5.74, 6) is -0.666. The molecule has 0 unspecified atom stereocenters. The van der Waals surface area contributed by atoms with Crippen molar-refractivity contribution in [2.24, 2.45) is 5.73 Å². The van der Waals surface area contributed by atoms with Crippen LogP contribution in [0.1, 0.15) is 48.4 Å². The van der Waals surface area contributed by atoms with Gasteiger partial charge in [0.2, 0.25) is 10.0 Å². The maximum Gasteiger partial charge on any atom is 0.251 e. The zero-order valence-electron chi connectivity index (χ0n) is 17.2. The van der Waals surface area contributed by atoms with E-state index in [0.29, 0.717) is 54.9 Å². The van der Waals surface area contributed by atoms with Crippen LogP contribution in [-0.2, 0) is 10.0 Å². The molecule has 0 atom stereocenters. The molecule has 31 heavy (non-hydrogen) atoms. The number of carbonyl (C=O) groups excluding carboxylic acids is 1. The lowest BCUT2D eigenvalue weighted by atomic mass is 9.98. The molecule has 164 valence electrons. The van der Waals surface area contributed by atoms with Gasteiger partial charge in [-0.3, -0.25) is 4.79 Å². The number of halogens is 1. The van der Waals surface area contributed by atoms with Gasteiger partial charge in [0.05, 0.1) is 11.3 Å². The predicted molar refractivity (Wildman–Crippen MR) is 116 cm³/mol. The fraction of sp³-hybridized carbons (Fsp3) is 0.364. The Labute approximate surface area is 180 Å². The van der Waals surface area contributed by atoms with E-state index >= 15 is 0 Å². The van der Waals surface area contributed by atoms with Crippen molar-refractivity contribution >= 4 is 27.0 Å². The monoisotopic (exact) mass is 445 g/mol. The number of benzene rings is 2. The van der Waals surface area contributed by atoms with E-state index in [4.69, 9.17) is 10.2 Å². The third kappa shape index (κ3) is 4.33. The molecule has 2 N–H and O–H groups in total. The van der Waals surface area contributed by atoms with Gasteiger partial charge in [-0.05, 0) is 54.7 Å². The van der Waals surface area contributed by atoms with Gasteiger partial charge in [-0.2, -0.15) is 0 Å². The van der Waals surface area contributed by atoms with Crippen molar-refractivity contribution in [2.75, 3.05) is 18.8 Å². The highest BCUT2D eigenvalue weighted by atomic mass is 32.2. The Morgan fingerprint density at radius 2 is 1.87 bits per heavy atom. The number of nitrogens with two attached hydrogens (primary N) is 1. The first-order chi connectivity index (χ1) is 14.8. The molecule has 0 aliphatic carbocycles. The number of oxazole rings is 1. The maximum absolute atomic E-state index is 14.1. The minimum absolute atomic E-state index is 0.0521. The number of hydrogen-bond donors (Lipinski definition) is 1. The molecule has 0 bridgehead atoms. The molecule has 0 radical (unpaired) electrons. The quantitative estimate of drug-likeness (QED) is 0.623. The Hall–Kier alpha value is -2.78. The van der Waals surface area contributed by atoms with Crippen LogP contribution in [0.3, 0.4) is 0 Å². The Morgan fingerprint density at radius 3 is 2.52 bits per heavy atom. The molecule has 1 aliphatic heterocycles. The zero-order chi connectivity index (χ0) is 22.2. The second-order valence-corrected chi connectivity index (χ2v) is 9.87. The smallest absolute Gasteiger partial charge is 0.251 e. The van der Waals surface area contributed by atoms with E-state index in [1.54, 1.807) is 22.5 Å². The summed E-state index contributed by atoms with van der Waals surface area (Å²) in [5, 5.41) is 0. The third-order valence-electron chi connectivity index (χ3n) is 5.63. The summed E-state index contributed by atoms with van der Waals surface area (Å²) in [6, 6.07) is 9.66. The topological polar surface area (TPSA) is 107 Å². The number of hydrogen-bond acceptors (Lipinski definition) is 5. The second kappa shape index (κ2) is 8.39. The second-order valence-electron chi connectivity index (χ2n) is 7.78. The number of nitrogens with zero attached hydrogens (tertiary/aromatic N) is 2. The van der Waals surface area contributed by atoms with Crippen LogP contribution in [-0.4, -0.2) is 42.5 Å². The molecule has 9 heteroatoms. The van der Waals surface area contributed by atoms with Gasteiger partial charge in [-0.1, -0.05) is 19.1 Å². The van der Waals surface area contributed by atoms with E-state index in [1.807, 2.05) is 13.0 Å². The molecule has 2 heterocycles. The fourth-order valence-electron chi connectivity index (χ4n) is 3.96. The van der Waals surface area contributed by atoms with Crippen LogP contribution in [0.15, 0.2) is 40.8 Å². The Morgan fingerprint density at radius 1 is 1.19 bits per heavy atom. The highest BCUT2D eigenvalue weighted by Gasteiger charge is 2.30. The fourth-order valence-corrected chi connectivity index (χ4v) is 5.50. The van der Waals surface area contributed by atoms with Crippen molar-refractivity contribution in [3.05, 3.63) is 53.7 Å². The van der Waals surface area contributed by atoms with Gasteiger partial charge in [0.1, 0.15) is 11.3 Å². The van der Waals surface area contributed by atoms with Gasteiger partial charge in [0.15, 0.2) is 11.5 Å². The molecule has 4 rings (SSSR count). The summed E-state index contributed by atoms with van der Waals surface area (Å²) in [4.78, 5) is 15.8. The number of amides is 1. The van der Waals surface area contributed by atoms with E-state index in [0.717, 1.165) is 5.56 Å². The maximum atomic E-state index is 14.1. The molecule has 0 saturated carbocycles. The lowest BCUT2D eigenvalue weighted by Crippen LogP contribution is -2.39. The number of piperidine rings is 1. The minimum Gasteiger partial charge on any atom is -0.440 e. The van der Waals surface area contributed by atoms with E-state index in [9.17, 15) is 17.6 Å². The number of carbonyl (C=O) groups is 1. The number of rotatable bonds is 6. The van der Waals surface area contributed by atoms with E-state index in [2.05, 4.69) is 4.98 Å². The SMILES string of the molecule is CCCS(=O)(=O)N1CCC(c2nc3cc(-c4ccc(C(N)=O)c(F)c4)ccc3o2)CC1. The molecule has 1 aliphatic rings. The van der Waals surface area contributed by atoms with Gasteiger partial charge >= 0.3 is 0 Å². The van der Waals surface area contributed by atoms with Crippen molar-refractivity contribution in [1.82, 2.24) is 9.29 Å². The molecule has 3 aromatic rings. The minimum atomic E-state index is -3.19. The summed E-state index contributed by atoms with van der Waals surface area (Å²) >= 11 is 0. The largest absolute Gasteiger partial charge is 0.440 e. The van der Waals surface area contributed by atoms with E-state index in [1.165, 1.54) is 12.1 Å². The molecule has 7 nitrogen and oxygen atoms in total. The van der Waals surface area contributed by atoms with Crippen molar-refractivity contribution in [1.29, 1.82) is 0 Å². The van der Waals surface area contributed by atoms with Crippen molar-refractivity contribution in [3.63, 3.8) is 0 Å². The number of sulfonamides is 1. The van der Waals surface area contributed by atoms with Gasteiger partial charge in [-0.25, -0.2) is 22.1 Å². The lowest BCUT2D eigenvalue weighted by molar-refractivity contribution is 0.0996. The highest BCUT2D eigenvalue weighted by Crippen LogP contribution is 2.32. The van der Waals surface area contributed by atoms with Crippen LogP contribution >= 0.6 is 0 Å². The molecule has 1 amide bonds. The Balaban J connectivity index is 1.54. The van der Waals surface area contributed by atoms with E-state index in [-0.39, 0.29) is 17.2 Å². The van der Waals surface area contributed by atoms with Crippen LogP contribution < -0.4 is 5.73 Å². The first kappa shape index (κ1) is 21.5. The average Bonchev–Trinajstić information content (AvgIpc) is 3.17. The summed E-state index contributed by atoms with van der Waals surface area (Å²) in [7, 11) is -3.19. The Bertz CT molecular complexity index is 1230. The molecular weight excluding hydrogens is 421 g/mol. The van der Waals surface area contributed by atoms with Crippen LogP contribution in [0.2, 0.25) is 0 Å². The summed E-state index contributed by atoms with van der Waals surface area (Å²) in [6.07, 6.45) is 1.91. The van der Waals surface area contributed by atoms with E-state index < -0.39 is 21.7 Å². The van der Waals surface area contributed by atoms with Gasteiger partial charge in [0.25, 0.3) is 5.91 Å². The molecule has 1 aromatic heterocycles. The number of aromatic nitrogens is 1. The predicted octanol–water partition coefficient (Wildman–Crippen LogP) is 3.65. The Kier molecular flexibility index (Phi) is 5.81. The number of fused-ring (bicyclic) bond motifs is 1. The highest BCUT2D eigenvalue weighted by molar-refractivity contribution is 7.89. The molecule has 1 fully saturated rings. The number of primary amides is 1. The lowest BCUT2D eigenvalue weighted by Gasteiger charge is -2.29. The third-order valence-corrected chi connectivity index (χ3v) is 7.71. The van der Waals surface area contributed by atoms with Crippen LogP contribution in [0, 0.1) is 5.82 Å². The molecule has 1 saturated heterocycles.